The van der Waals surface area contributed by atoms with Gasteiger partial charge in [-0.3, -0.25) is 4.79 Å². The number of hydrogen-bond acceptors (Lipinski definition) is 3. The van der Waals surface area contributed by atoms with E-state index in [0.717, 1.165) is 11.3 Å². The fourth-order valence-electron chi connectivity index (χ4n) is 1.33. The Hall–Kier alpha value is -1.35. The van der Waals surface area contributed by atoms with Crippen molar-refractivity contribution in [1.82, 2.24) is 5.32 Å². The fraction of sp³-hybridized carbons (Fsp3) is 0.417. The molecule has 1 radical (unpaired) electrons. The smallest absolute Gasteiger partial charge is 0.217 e. The number of benzene rings is 1. The van der Waals surface area contributed by atoms with Crippen molar-refractivity contribution in [3.63, 3.8) is 0 Å². The number of nitrogens with one attached hydrogen (secondary N) is 1. The molecule has 0 aliphatic heterocycles. The highest BCUT2D eigenvalue weighted by Gasteiger charge is 2.06. The SMILES string of the molecule is CCOc1ccc(C[C@@H]([C]=O)NC)cc1. The van der Waals surface area contributed by atoms with Crippen LogP contribution in [0.15, 0.2) is 24.3 Å². The van der Waals surface area contributed by atoms with Gasteiger partial charge < -0.3 is 10.1 Å². The summed E-state index contributed by atoms with van der Waals surface area (Å²) in [7, 11) is 1.75. The van der Waals surface area contributed by atoms with E-state index < -0.39 is 0 Å². The van der Waals surface area contributed by atoms with E-state index in [4.69, 9.17) is 4.74 Å². The summed E-state index contributed by atoms with van der Waals surface area (Å²) in [5.74, 6) is 0.859. The van der Waals surface area contributed by atoms with Gasteiger partial charge in [0.15, 0.2) is 0 Å². The van der Waals surface area contributed by atoms with Crippen molar-refractivity contribution in [2.75, 3.05) is 13.7 Å². The maximum atomic E-state index is 10.5. The Balaban J connectivity index is 2.59. The molecule has 0 aliphatic rings. The van der Waals surface area contributed by atoms with Crippen molar-refractivity contribution in [3.8, 4) is 5.75 Å². The van der Waals surface area contributed by atoms with Gasteiger partial charge in [0.2, 0.25) is 6.29 Å². The molecule has 3 heteroatoms. The van der Waals surface area contributed by atoms with Gasteiger partial charge in [0, 0.05) is 0 Å². The first-order valence-electron chi connectivity index (χ1n) is 5.06. The molecule has 15 heavy (non-hydrogen) atoms. The van der Waals surface area contributed by atoms with Crippen LogP contribution in [-0.4, -0.2) is 26.0 Å². The quantitative estimate of drug-likeness (QED) is 0.763. The van der Waals surface area contributed by atoms with Crippen LogP contribution in [0.5, 0.6) is 5.75 Å². The molecule has 0 amide bonds. The lowest BCUT2D eigenvalue weighted by atomic mass is 10.1. The van der Waals surface area contributed by atoms with Crippen LogP contribution in [-0.2, 0) is 11.2 Å². The topological polar surface area (TPSA) is 38.3 Å². The molecule has 1 aromatic rings. The van der Waals surface area contributed by atoms with E-state index >= 15 is 0 Å². The van der Waals surface area contributed by atoms with Crippen molar-refractivity contribution in [2.24, 2.45) is 0 Å². The molecule has 1 aromatic carbocycles. The zero-order valence-electron chi connectivity index (χ0n) is 9.12. The van der Waals surface area contributed by atoms with Crippen LogP contribution in [0.4, 0.5) is 0 Å². The molecule has 0 aromatic heterocycles. The Bertz CT molecular complexity index is 295. The lowest BCUT2D eigenvalue weighted by molar-refractivity contribution is 0.340. The highest BCUT2D eigenvalue weighted by molar-refractivity contribution is 5.59. The molecule has 0 unspecified atom stereocenters. The third kappa shape index (κ3) is 3.72. The van der Waals surface area contributed by atoms with E-state index in [1.165, 1.54) is 0 Å². The molecule has 1 atom stereocenters. The zero-order chi connectivity index (χ0) is 11.1. The summed E-state index contributed by atoms with van der Waals surface area (Å²) in [6.07, 6.45) is 2.61. The van der Waals surface area contributed by atoms with Gasteiger partial charge >= 0.3 is 0 Å². The largest absolute Gasteiger partial charge is 0.494 e. The minimum atomic E-state index is -0.233. The minimum Gasteiger partial charge on any atom is -0.494 e. The number of ether oxygens (including phenoxy) is 1. The molecule has 0 aliphatic carbocycles. The molecule has 0 saturated carbocycles. The lowest BCUT2D eigenvalue weighted by Gasteiger charge is -2.08. The molecule has 0 heterocycles. The van der Waals surface area contributed by atoms with Crippen molar-refractivity contribution < 1.29 is 9.53 Å². The van der Waals surface area contributed by atoms with Crippen LogP contribution in [0.2, 0.25) is 0 Å². The average Bonchev–Trinajstić information content (AvgIpc) is 2.28. The van der Waals surface area contributed by atoms with E-state index in [9.17, 15) is 4.79 Å². The Labute approximate surface area is 90.4 Å². The molecule has 0 saturated heterocycles. The third-order valence-corrected chi connectivity index (χ3v) is 2.16. The summed E-state index contributed by atoms with van der Waals surface area (Å²) >= 11 is 0. The zero-order valence-corrected chi connectivity index (χ0v) is 9.12. The second-order valence-electron chi connectivity index (χ2n) is 3.24. The first-order chi connectivity index (χ1) is 7.30. The number of carbonyl (C=O) groups excluding carboxylic acids is 1. The van der Waals surface area contributed by atoms with Crippen LogP contribution < -0.4 is 10.1 Å². The Morgan fingerprint density at radius 3 is 2.53 bits per heavy atom. The van der Waals surface area contributed by atoms with Gasteiger partial charge in [0.25, 0.3) is 0 Å². The summed E-state index contributed by atoms with van der Waals surface area (Å²) in [5, 5.41) is 2.89. The van der Waals surface area contributed by atoms with Gasteiger partial charge in [0.1, 0.15) is 5.75 Å². The van der Waals surface area contributed by atoms with E-state index in [1.807, 2.05) is 37.5 Å². The maximum Gasteiger partial charge on any atom is 0.217 e. The van der Waals surface area contributed by atoms with Gasteiger partial charge in [-0.15, -0.1) is 0 Å². The number of likely N-dealkylation sites (N-methyl/N-ethyl adjacent to an activating group) is 1. The second-order valence-corrected chi connectivity index (χ2v) is 3.24. The summed E-state index contributed by atoms with van der Waals surface area (Å²) < 4.78 is 5.33. The summed E-state index contributed by atoms with van der Waals surface area (Å²) in [5.41, 5.74) is 1.10. The average molecular weight is 206 g/mol. The Kier molecular flexibility index (Phi) is 4.84. The first kappa shape index (κ1) is 11.7. The fourth-order valence-corrected chi connectivity index (χ4v) is 1.33. The van der Waals surface area contributed by atoms with Gasteiger partial charge in [-0.25, -0.2) is 0 Å². The predicted octanol–water partition coefficient (Wildman–Crippen LogP) is 1.33. The van der Waals surface area contributed by atoms with Gasteiger partial charge in [-0.05, 0) is 38.1 Å². The van der Waals surface area contributed by atoms with Crippen LogP contribution in [0.25, 0.3) is 0 Å². The standard InChI is InChI=1S/C12H16NO2/c1-3-15-12-6-4-10(5-7-12)8-11(9-14)13-2/h4-7,11,13H,3,8H2,1-2H3/t11-/m0/s1. The predicted molar refractivity (Wildman–Crippen MR) is 59.9 cm³/mol. The summed E-state index contributed by atoms with van der Waals surface area (Å²) in [4.78, 5) is 10.5. The molecular weight excluding hydrogens is 190 g/mol. The second kappa shape index (κ2) is 6.19. The van der Waals surface area contributed by atoms with Crippen molar-refractivity contribution in [1.29, 1.82) is 0 Å². The normalized spacial score (nSPS) is 12.1. The van der Waals surface area contributed by atoms with E-state index in [1.54, 1.807) is 7.05 Å². The van der Waals surface area contributed by atoms with Gasteiger partial charge in [-0.1, -0.05) is 12.1 Å². The Morgan fingerprint density at radius 2 is 2.07 bits per heavy atom. The Morgan fingerprint density at radius 1 is 1.40 bits per heavy atom. The monoisotopic (exact) mass is 206 g/mol. The summed E-state index contributed by atoms with van der Waals surface area (Å²) in [6.45, 7) is 2.62. The number of rotatable bonds is 6. The first-order valence-corrected chi connectivity index (χ1v) is 5.06. The van der Waals surface area contributed by atoms with E-state index in [-0.39, 0.29) is 6.04 Å². The van der Waals surface area contributed by atoms with Crippen molar-refractivity contribution in [3.05, 3.63) is 29.8 Å². The van der Waals surface area contributed by atoms with Crippen molar-refractivity contribution >= 4 is 6.29 Å². The third-order valence-electron chi connectivity index (χ3n) is 2.16. The van der Waals surface area contributed by atoms with Crippen LogP contribution >= 0.6 is 0 Å². The summed E-state index contributed by atoms with van der Waals surface area (Å²) in [6, 6.07) is 7.52. The van der Waals surface area contributed by atoms with E-state index in [0.29, 0.717) is 13.0 Å². The molecule has 3 nitrogen and oxygen atoms in total. The number of hydrogen-bond donors (Lipinski definition) is 1. The van der Waals surface area contributed by atoms with Crippen LogP contribution in [0.3, 0.4) is 0 Å². The molecule has 81 valence electrons. The molecule has 0 fully saturated rings. The molecule has 1 N–H and O–H groups in total. The maximum absolute atomic E-state index is 10.5. The van der Waals surface area contributed by atoms with Crippen LogP contribution in [0.1, 0.15) is 12.5 Å². The van der Waals surface area contributed by atoms with E-state index in [2.05, 4.69) is 5.32 Å². The minimum absolute atomic E-state index is 0.233. The van der Waals surface area contributed by atoms with Gasteiger partial charge in [0.05, 0.1) is 12.6 Å². The molecule has 1 rings (SSSR count). The molecular formula is C12H16NO2. The van der Waals surface area contributed by atoms with Crippen LogP contribution in [0, 0.1) is 0 Å². The molecule has 0 spiro atoms. The highest BCUT2D eigenvalue weighted by Crippen LogP contribution is 2.12. The highest BCUT2D eigenvalue weighted by atomic mass is 16.5. The van der Waals surface area contributed by atoms with Gasteiger partial charge in [-0.2, -0.15) is 0 Å². The van der Waals surface area contributed by atoms with Crippen molar-refractivity contribution in [2.45, 2.75) is 19.4 Å². The molecule has 0 bridgehead atoms. The lowest BCUT2D eigenvalue weighted by Crippen LogP contribution is -2.28.